The second-order valence-corrected chi connectivity index (χ2v) is 5.78. The lowest BCUT2D eigenvalue weighted by Gasteiger charge is -2.14. The van der Waals surface area contributed by atoms with Crippen LogP contribution in [0.2, 0.25) is 0 Å². The van der Waals surface area contributed by atoms with Gasteiger partial charge in [-0.1, -0.05) is 0 Å². The van der Waals surface area contributed by atoms with Crippen molar-refractivity contribution in [1.29, 1.82) is 0 Å². The molecule has 0 fully saturated rings. The van der Waals surface area contributed by atoms with Gasteiger partial charge in [0.05, 0.1) is 11.0 Å². The third-order valence-electron chi connectivity index (χ3n) is 4.02. The van der Waals surface area contributed by atoms with Gasteiger partial charge in [0, 0.05) is 24.6 Å². The van der Waals surface area contributed by atoms with E-state index in [1.54, 1.807) is 29.9 Å². The van der Waals surface area contributed by atoms with E-state index in [0.717, 1.165) is 10.3 Å². The number of amides is 1. The molecule has 9 heteroatoms. The Balaban J connectivity index is 1.87. The second kappa shape index (κ2) is 5.91. The first-order valence-electron chi connectivity index (χ1n) is 7.53. The van der Waals surface area contributed by atoms with Gasteiger partial charge in [-0.25, -0.2) is 4.98 Å². The average Bonchev–Trinajstić information content (AvgIpc) is 3.10. The van der Waals surface area contributed by atoms with Crippen LogP contribution in [0.15, 0.2) is 30.5 Å². The number of hydrogen-bond donors (Lipinski definition) is 1. The molecule has 25 heavy (non-hydrogen) atoms. The standard InChI is InChI=1S/C16H16F3N5O/c1-9-6-7-20-24(9)10(2)14(25)21-11-4-5-13-12(8-11)22-15(23(13)3)16(17,18)19/h4-8,10H,1-3H3,(H,21,25)/t10-/m1/s1. The molecule has 0 radical (unpaired) electrons. The number of aromatic nitrogens is 4. The largest absolute Gasteiger partial charge is 0.449 e. The quantitative estimate of drug-likeness (QED) is 0.787. The molecule has 0 aliphatic heterocycles. The molecule has 1 amide bonds. The van der Waals surface area contributed by atoms with Gasteiger partial charge in [0.25, 0.3) is 0 Å². The molecule has 0 spiro atoms. The molecule has 0 aliphatic rings. The van der Waals surface area contributed by atoms with E-state index in [0.29, 0.717) is 11.2 Å². The zero-order valence-electron chi connectivity index (χ0n) is 13.8. The van der Waals surface area contributed by atoms with E-state index in [-0.39, 0.29) is 11.4 Å². The van der Waals surface area contributed by atoms with Gasteiger partial charge in [-0.05, 0) is 38.1 Å². The number of rotatable bonds is 3. The van der Waals surface area contributed by atoms with E-state index in [1.807, 2.05) is 6.92 Å². The normalized spacial score (nSPS) is 13.2. The third-order valence-corrected chi connectivity index (χ3v) is 4.02. The molecule has 1 aromatic carbocycles. The van der Waals surface area contributed by atoms with Crippen molar-refractivity contribution >= 4 is 22.6 Å². The van der Waals surface area contributed by atoms with Crippen molar-refractivity contribution in [2.24, 2.45) is 7.05 Å². The molecule has 0 saturated carbocycles. The maximum Gasteiger partial charge on any atom is 0.449 e. The summed E-state index contributed by atoms with van der Waals surface area (Å²) in [5, 5.41) is 6.77. The van der Waals surface area contributed by atoms with Crippen LogP contribution in [0.1, 0.15) is 24.5 Å². The first kappa shape index (κ1) is 17.0. The lowest BCUT2D eigenvalue weighted by atomic mass is 10.2. The Morgan fingerprint density at radius 1 is 1.28 bits per heavy atom. The van der Waals surface area contributed by atoms with Crippen LogP contribution in [-0.4, -0.2) is 25.2 Å². The zero-order valence-corrected chi connectivity index (χ0v) is 13.8. The van der Waals surface area contributed by atoms with Crippen molar-refractivity contribution in [2.75, 3.05) is 5.32 Å². The molecule has 6 nitrogen and oxygen atoms in total. The third kappa shape index (κ3) is 3.09. The number of hydrogen-bond acceptors (Lipinski definition) is 3. The van der Waals surface area contributed by atoms with Gasteiger partial charge in [-0.3, -0.25) is 9.48 Å². The van der Waals surface area contributed by atoms with Gasteiger partial charge >= 0.3 is 6.18 Å². The number of nitrogens with one attached hydrogen (secondary N) is 1. The molecular formula is C16H16F3N5O. The lowest BCUT2D eigenvalue weighted by molar-refractivity contribution is -0.146. The number of nitrogens with zero attached hydrogens (tertiary/aromatic N) is 4. The summed E-state index contributed by atoms with van der Waals surface area (Å²) in [6.45, 7) is 3.52. The molecule has 2 aromatic heterocycles. The zero-order chi connectivity index (χ0) is 18.4. The lowest BCUT2D eigenvalue weighted by Crippen LogP contribution is -2.25. The molecule has 132 valence electrons. The molecule has 0 aliphatic carbocycles. The Hall–Kier alpha value is -2.84. The van der Waals surface area contributed by atoms with Gasteiger partial charge in [0.15, 0.2) is 0 Å². The van der Waals surface area contributed by atoms with E-state index < -0.39 is 18.0 Å². The molecule has 3 rings (SSSR count). The highest BCUT2D eigenvalue weighted by Crippen LogP contribution is 2.31. The highest BCUT2D eigenvalue weighted by molar-refractivity contribution is 5.95. The molecule has 3 aromatic rings. The molecule has 1 atom stereocenters. The topological polar surface area (TPSA) is 64.7 Å². The molecule has 0 bridgehead atoms. The van der Waals surface area contributed by atoms with Crippen molar-refractivity contribution in [2.45, 2.75) is 26.1 Å². The molecule has 1 N–H and O–H groups in total. The number of aryl methyl sites for hydroxylation is 2. The van der Waals surface area contributed by atoms with E-state index >= 15 is 0 Å². The number of anilines is 1. The van der Waals surface area contributed by atoms with Crippen LogP contribution in [-0.2, 0) is 18.0 Å². The van der Waals surface area contributed by atoms with E-state index in [1.165, 1.54) is 19.2 Å². The summed E-state index contributed by atoms with van der Waals surface area (Å²) in [6, 6.07) is 5.69. The summed E-state index contributed by atoms with van der Waals surface area (Å²) in [5.41, 5.74) is 1.70. The number of imidazole rings is 1. The van der Waals surface area contributed by atoms with Crippen LogP contribution in [0.5, 0.6) is 0 Å². The Labute approximate surface area is 141 Å². The maximum atomic E-state index is 12.9. The highest BCUT2D eigenvalue weighted by atomic mass is 19.4. The molecule has 0 unspecified atom stereocenters. The summed E-state index contributed by atoms with van der Waals surface area (Å²) < 4.78 is 41.4. The monoisotopic (exact) mass is 351 g/mol. The summed E-state index contributed by atoms with van der Waals surface area (Å²) >= 11 is 0. The predicted molar refractivity (Wildman–Crippen MR) is 86.0 cm³/mol. The van der Waals surface area contributed by atoms with Crippen molar-refractivity contribution in [3.05, 3.63) is 42.0 Å². The SMILES string of the molecule is Cc1ccnn1[C@H](C)C(=O)Nc1ccc2c(c1)nc(C(F)(F)F)n2C. The van der Waals surface area contributed by atoms with E-state index in [2.05, 4.69) is 15.4 Å². The summed E-state index contributed by atoms with van der Waals surface area (Å²) in [6.07, 6.45) is -2.94. The first-order chi connectivity index (χ1) is 11.7. The fourth-order valence-electron chi connectivity index (χ4n) is 2.67. The van der Waals surface area contributed by atoms with Crippen LogP contribution in [0.4, 0.5) is 18.9 Å². The minimum atomic E-state index is -4.54. The average molecular weight is 351 g/mol. The predicted octanol–water partition coefficient (Wildman–Crippen LogP) is 3.30. The number of benzene rings is 1. The van der Waals surface area contributed by atoms with Crippen LogP contribution < -0.4 is 5.32 Å². The number of carbonyl (C=O) groups is 1. The van der Waals surface area contributed by atoms with E-state index in [9.17, 15) is 18.0 Å². The van der Waals surface area contributed by atoms with Gasteiger partial charge in [-0.2, -0.15) is 18.3 Å². The first-order valence-corrected chi connectivity index (χ1v) is 7.53. The smallest absolute Gasteiger partial charge is 0.324 e. The minimum Gasteiger partial charge on any atom is -0.324 e. The number of halogens is 3. The van der Waals surface area contributed by atoms with Gasteiger partial charge in [-0.15, -0.1) is 0 Å². The van der Waals surface area contributed by atoms with Crippen LogP contribution in [0, 0.1) is 6.92 Å². The summed E-state index contributed by atoms with van der Waals surface area (Å²) in [5.74, 6) is -1.30. The molecular weight excluding hydrogens is 335 g/mol. The Morgan fingerprint density at radius 2 is 2.00 bits per heavy atom. The Bertz CT molecular complexity index is 941. The number of fused-ring (bicyclic) bond motifs is 1. The van der Waals surface area contributed by atoms with Gasteiger partial charge in [0.1, 0.15) is 6.04 Å². The fraction of sp³-hybridized carbons (Fsp3) is 0.312. The van der Waals surface area contributed by atoms with Crippen molar-refractivity contribution in [3.63, 3.8) is 0 Å². The highest BCUT2D eigenvalue weighted by Gasteiger charge is 2.36. The second-order valence-electron chi connectivity index (χ2n) is 5.78. The Morgan fingerprint density at radius 3 is 2.60 bits per heavy atom. The molecule has 0 saturated heterocycles. The summed E-state index contributed by atoms with van der Waals surface area (Å²) in [4.78, 5) is 16.0. The van der Waals surface area contributed by atoms with Crippen molar-refractivity contribution < 1.29 is 18.0 Å². The van der Waals surface area contributed by atoms with Crippen LogP contribution in [0.3, 0.4) is 0 Å². The maximum absolute atomic E-state index is 12.9. The van der Waals surface area contributed by atoms with Crippen LogP contribution >= 0.6 is 0 Å². The van der Waals surface area contributed by atoms with Gasteiger partial charge in [0.2, 0.25) is 11.7 Å². The van der Waals surface area contributed by atoms with E-state index in [4.69, 9.17) is 0 Å². The minimum absolute atomic E-state index is 0.163. The Kier molecular flexibility index (Phi) is 4.02. The number of carbonyl (C=O) groups excluding carboxylic acids is 1. The van der Waals surface area contributed by atoms with Crippen molar-refractivity contribution in [3.8, 4) is 0 Å². The fourth-order valence-corrected chi connectivity index (χ4v) is 2.67. The van der Waals surface area contributed by atoms with Crippen molar-refractivity contribution in [1.82, 2.24) is 19.3 Å². The molecule has 2 heterocycles. The summed E-state index contributed by atoms with van der Waals surface area (Å²) in [7, 11) is 1.30. The number of alkyl halides is 3. The van der Waals surface area contributed by atoms with Crippen LogP contribution in [0.25, 0.3) is 11.0 Å². The van der Waals surface area contributed by atoms with Gasteiger partial charge < -0.3 is 9.88 Å².